The molecule has 0 amide bonds. The van der Waals surface area contributed by atoms with Crippen molar-refractivity contribution in [3.05, 3.63) is 41.3 Å². The van der Waals surface area contributed by atoms with Crippen LogP contribution in [0, 0.1) is 11.3 Å². The number of rotatable bonds is 5. The number of hydrogen-bond acceptors (Lipinski definition) is 6. The van der Waals surface area contributed by atoms with E-state index in [1.165, 1.54) is 17.6 Å². The van der Waals surface area contributed by atoms with E-state index in [9.17, 15) is 14.4 Å². The molecule has 5 nitrogen and oxygen atoms in total. The van der Waals surface area contributed by atoms with Crippen LogP contribution in [0.25, 0.3) is 11.1 Å². The highest BCUT2D eigenvalue weighted by Crippen LogP contribution is 2.39. The molecule has 1 aromatic heterocycles. The molecule has 0 N–H and O–H groups in total. The lowest BCUT2D eigenvalue weighted by Gasteiger charge is -2.30. The highest BCUT2D eigenvalue weighted by Gasteiger charge is 2.38. The first-order valence-corrected chi connectivity index (χ1v) is 10.1. The second-order valence-electron chi connectivity index (χ2n) is 7.62. The van der Waals surface area contributed by atoms with E-state index in [1.807, 2.05) is 49.6 Å². The Morgan fingerprint density at radius 3 is 2.46 bits per heavy atom. The van der Waals surface area contributed by atoms with E-state index in [0.717, 1.165) is 11.1 Å². The monoisotopic (exact) mass is 397 g/mol. The van der Waals surface area contributed by atoms with Gasteiger partial charge >= 0.3 is 5.97 Å². The van der Waals surface area contributed by atoms with Gasteiger partial charge in [0.1, 0.15) is 28.0 Å². The van der Waals surface area contributed by atoms with Crippen LogP contribution in [-0.2, 0) is 14.3 Å². The van der Waals surface area contributed by atoms with Crippen molar-refractivity contribution in [3.63, 3.8) is 0 Å². The average Bonchev–Trinajstić information content (AvgIpc) is 3.05. The Kier molecular flexibility index (Phi) is 5.89. The summed E-state index contributed by atoms with van der Waals surface area (Å²) in [6.07, 6.45) is 2.09. The van der Waals surface area contributed by atoms with Crippen LogP contribution in [0.3, 0.4) is 0 Å². The zero-order chi connectivity index (χ0) is 20.3. The van der Waals surface area contributed by atoms with Crippen LogP contribution in [0.5, 0.6) is 0 Å². The summed E-state index contributed by atoms with van der Waals surface area (Å²) in [5.41, 5.74) is 1.68. The number of Topliss-reactive ketones (excluding diaryl/α,β-unsaturated/α-hetero) is 2. The smallest absolute Gasteiger partial charge is 0.341 e. The van der Waals surface area contributed by atoms with E-state index >= 15 is 0 Å². The first kappa shape index (κ1) is 20.1. The summed E-state index contributed by atoms with van der Waals surface area (Å²) < 4.78 is 5.21. The van der Waals surface area contributed by atoms with Gasteiger partial charge in [0.05, 0.1) is 6.61 Å². The highest BCUT2D eigenvalue weighted by atomic mass is 32.1. The lowest BCUT2D eigenvalue weighted by Crippen LogP contribution is -2.38. The lowest BCUT2D eigenvalue weighted by molar-refractivity contribution is -0.136. The molecule has 28 heavy (non-hydrogen) atoms. The average molecular weight is 397 g/mol. The summed E-state index contributed by atoms with van der Waals surface area (Å²) in [5.74, 6) is -1.55. The highest BCUT2D eigenvalue weighted by molar-refractivity contribution is 7.14. The topological polar surface area (TPSA) is 72.8 Å². The number of ether oxygens (including phenoxy) is 1. The minimum Gasteiger partial charge on any atom is -0.462 e. The van der Waals surface area contributed by atoms with E-state index < -0.39 is 11.9 Å². The Morgan fingerprint density at radius 2 is 1.86 bits per heavy atom. The second-order valence-corrected chi connectivity index (χ2v) is 8.48. The third-order valence-corrected chi connectivity index (χ3v) is 5.56. The van der Waals surface area contributed by atoms with Crippen LogP contribution < -0.4 is 0 Å². The lowest BCUT2D eigenvalue weighted by atomic mass is 9.72. The van der Waals surface area contributed by atoms with E-state index in [1.54, 1.807) is 6.92 Å². The molecule has 3 rings (SSSR count). The Morgan fingerprint density at radius 1 is 1.21 bits per heavy atom. The summed E-state index contributed by atoms with van der Waals surface area (Å²) in [7, 11) is 0. The minimum absolute atomic E-state index is 0.123. The summed E-state index contributed by atoms with van der Waals surface area (Å²) >= 11 is 1.29. The van der Waals surface area contributed by atoms with Crippen LogP contribution in [0.15, 0.2) is 40.7 Å². The molecular weight excluding hydrogens is 374 g/mol. The first-order chi connectivity index (χ1) is 13.3. The van der Waals surface area contributed by atoms with E-state index in [4.69, 9.17) is 4.74 Å². The standard InChI is InChI=1S/C22H23NO4S/c1-4-27-21(26)19-16(14-8-6-5-7-9-14)13-28-20(19)23-12-15-17(24)10-22(2,3)11-18(15)25/h5-9,12-13,15H,4,10-11H2,1-3H3/b23-12+. The summed E-state index contributed by atoms with van der Waals surface area (Å²) in [4.78, 5) is 41.7. The van der Waals surface area contributed by atoms with Crippen molar-refractivity contribution in [3.8, 4) is 11.1 Å². The molecule has 2 aromatic rings. The molecule has 1 aromatic carbocycles. The zero-order valence-electron chi connectivity index (χ0n) is 16.2. The van der Waals surface area contributed by atoms with Crippen molar-refractivity contribution in [1.29, 1.82) is 0 Å². The molecule has 146 valence electrons. The molecule has 1 aliphatic rings. The maximum absolute atomic E-state index is 12.6. The van der Waals surface area contributed by atoms with E-state index in [-0.39, 0.29) is 23.6 Å². The van der Waals surface area contributed by atoms with Gasteiger partial charge in [-0.3, -0.25) is 9.59 Å². The number of esters is 1. The molecule has 1 aliphatic carbocycles. The fourth-order valence-corrected chi connectivity index (χ4v) is 4.30. The molecule has 0 atom stereocenters. The Bertz CT molecular complexity index is 907. The van der Waals surface area contributed by atoms with E-state index in [2.05, 4.69) is 4.99 Å². The van der Waals surface area contributed by atoms with Crippen LogP contribution in [0.2, 0.25) is 0 Å². The Balaban J connectivity index is 1.95. The molecule has 0 saturated heterocycles. The predicted molar refractivity (Wildman–Crippen MR) is 110 cm³/mol. The van der Waals surface area contributed by atoms with Crippen molar-refractivity contribution in [2.45, 2.75) is 33.6 Å². The molecule has 1 saturated carbocycles. The molecular formula is C22H23NO4S. The predicted octanol–water partition coefficient (Wildman–Crippen LogP) is 4.87. The van der Waals surface area contributed by atoms with Gasteiger partial charge < -0.3 is 4.74 Å². The summed E-state index contributed by atoms with van der Waals surface area (Å²) in [6, 6.07) is 9.52. The summed E-state index contributed by atoms with van der Waals surface area (Å²) in [5, 5.41) is 2.30. The molecule has 0 spiro atoms. The maximum atomic E-state index is 12.6. The number of ketones is 2. The molecule has 1 fully saturated rings. The van der Waals surface area contributed by atoms with Crippen LogP contribution >= 0.6 is 11.3 Å². The van der Waals surface area contributed by atoms with Gasteiger partial charge in [-0.25, -0.2) is 9.79 Å². The van der Waals surface area contributed by atoms with Gasteiger partial charge in [-0.15, -0.1) is 11.3 Å². The van der Waals surface area contributed by atoms with Gasteiger partial charge in [-0.05, 0) is 17.9 Å². The van der Waals surface area contributed by atoms with Crippen molar-refractivity contribution >= 4 is 40.1 Å². The number of carbonyl (C=O) groups is 3. The third kappa shape index (κ3) is 4.28. The Hall–Kier alpha value is -2.60. The van der Waals surface area contributed by atoms with E-state index in [0.29, 0.717) is 23.4 Å². The molecule has 1 heterocycles. The number of nitrogens with zero attached hydrogens (tertiary/aromatic N) is 1. The SMILES string of the molecule is CCOC(=O)c1c(-c2ccccc2)csc1/N=C/C1C(=O)CC(C)(C)CC1=O. The van der Waals surface area contributed by atoms with Gasteiger partial charge in [0.15, 0.2) is 0 Å². The first-order valence-electron chi connectivity index (χ1n) is 9.26. The van der Waals surface area contributed by atoms with Crippen molar-refractivity contribution in [2.75, 3.05) is 6.61 Å². The van der Waals surface area contributed by atoms with Gasteiger partial charge in [0, 0.05) is 30.0 Å². The van der Waals surface area contributed by atoms with Crippen LogP contribution in [-0.4, -0.2) is 30.4 Å². The third-order valence-electron chi connectivity index (χ3n) is 4.68. The molecule has 6 heteroatoms. The fraction of sp³-hybridized carbons (Fsp3) is 0.364. The van der Waals surface area contributed by atoms with Gasteiger partial charge in [-0.1, -0.05) is 44.2 Å². The minimum atomic E-state index is -0.842. The number of hydrogen-bond donors (Lipinski definition) is 0. The fourth-order valence-electron chi connectivity index (χ4n) is 3.39. The number of thiophene rings is 1. The molecule has 0 aliphatic heterocycles. The largest absolute Gasteiger partial charge is 0.462 e. The number of benzene rings is 1. The maximum Gasteiger partial charge on any atom is 0.341 e. The number of carbonyl (C=O) groups excluding carboxylic acids is 3. The second kappa shape index (κ2) is 8.19. The molecule has 0 unspecified atom stereocenters. The zero-order valence-corrected chi connectivity index (χ0v) is 17.0. The van der Waals surface area contributed by atoms with Crippen molar-refractivity contribution < 1.29 is 19.1 Å². The Labute approximate surface area is 168 Å². The normalized spacial score (nSPS) is 17.2. The summed E-state index contributed by atoms with van der Waals surface area (Å²) in [6.45, 7) is 5.83. The van der Waals surface area contributed by atoms with Gasteiger partial charge in [0.2, 0.25) is 0 Å². The van der Waals surface area contributed by atoms with Crippen molar-refractivity contribution in [1.82, 2.24) is 0 Å². The van der Waals surface area contributed by atoms with Crippen LogP contribution in [0.1, 0.15) is 44.0 Å². The van der Waals surface area contributed by atoms with Gasteiger partial charge in [0.25, 0.3) is 0 Å². The quantitative estimate of drug-likeness (QED) is 0.410. The van der Waals surface area contributed by atoms with Crippen LogP contribution in [0.4, 0.5) is 5.00 Å². The number of aliphatic imine (C=N–C) groups is 1. The van der Waals surface area contributed by atoms with Crippen molar-refractivity contribution in [2.24, 2.45) is 16.3 Å². The molecule has 0 bridgehead atoms. The molecule has 0 radical (unpaired) electrons. The van der Waals surface area contributed by atoms with Gasteiger partial charge in [-0.2, -0.15) is 0 Å².